The second-order valence-corrected chi connectivity index (χ2v) is 12.1. The normalized spacial score (nSPS) is 33.2. The number of aliphatic hydroxyl groups is 1. The number of carbonyl (C=O) groups excluding carboxylic acids is 1. The molecular formula is C25H40N2O5S. The average molecular weight is 481 g/mol. The van der Waals surface area contributed by atoms with E-state index in [4.69, 9.17) is 4.74 Å². The zero-order valence-electron chi connectivity index (χ0n) is 20.5. The Morgan fingerprint density at radius 2 is 1.88 bits per heavy atom. The van der Waals surface area contributed by atoms with Crippen LogP contribution in [0.5, 0.6) is 0 Å². The number of aryl methyl sites for hydroxylation is 1. The molecule has 0 radical (unpaired) electrons. The first kappa shape index (κ1) is 26.1. The summed E-state index contributed by atoms with van der Waals surface area (Å²) in [6.07, 6.45) is 2.65. The fraction of sp³-hybridized carbons (Fsp3) is 0.720. The smallest absolute Gasteiger partial charge is 0.240 e. The summed E-state index contributed by atoms with van der Waals surface area (Å²) in [5.41, 5.74) is 0.945. The van der Waals surface area contributed by atoms with Gasteiger partial charge in [0.15, 0.2) is 0 Å². The second kappa shape index (κ2) is 10.4. The molecule has 7 nitrogen and oxygen atoms in total. The van der Waals surface area contributed by atoms with Crippen molar-refractivity contribution in [3.05, 3.63) is 29.8 Å². The van der Waals surface area contributed by atoms with E-state index in [1.165, 1.54) is 0 Å². The van der Waals surface area contributed by atoms with Gasteiger partial charge in [0.25, 0.3) is 0 Å². The SMILES string of the molecule is COCCNC(=O)[C@@H](C)[C@@H]1CC[C@]2(C)CC[C@@H](NS(=O)(=O)c3ccc(C)cc3)[C@@H](C)[C@@H]2[C@H]1O. The Labute approximate surface area is 198 Å². The lowest BCUT2D eigenvalue weighted by molar-refractivity contribution is -0.141. The summed E-state index contributed by atoms with van der Waals surface area (Å²) in [7, 11) is -2.06. The third kappa shape index (κ3) is 5.61. The third-order valence-electron chi connectivity index (χ3n) is 8.19. The van der Waals surface area contributed by atoms with Crippen molar-refractivity contribution in [2.75, 3.05) is 20.3 Å². The molecule has 7 atom stereocenters. The topological polar surface area (TPSA) is 105 Å². The minimum absolute atomic E-state index is 0.0504. The number of amides is 1. The van der Waals surface area contributed by atoms with E-state index in [0.29, 0.717) is 13.2 Å². The molecule has 2 saturated carbocycles. The van der Waals surface area contributed by atoms with Gasteiger partial charge in [-0.3, -0.25) is 4.79 Å². The lowest BCUT2D eigenvalue weighted by Crippen LogP contribution is -2.58. The van der Waals surface area contributed by atoms with Crippen molar-refractivity contribution in [2.45, 2.75) is 70.4 Å². The molecule has 2 aliphatic rings. The molecule has 1 amide bonds. The fourth-order valence-electron chi connectivity index (χ4n) is 6.08. The number of sulfonamides is 1. The van der Waals surface area contributed by atoms with Gasteiger partial charge in [0.05, 0.1) is 17.6 Å². The van der Waals surface area contributed by atoms with Crippen LogP contribution in [0.2, 0.25) is 0 Å². The molecule has 0 unspecified atom stereocenters. The van der Waals surface area contributed by atoms with Crippen molar-refractivity contribution in [1.29, 1.82) is 0 Å². The van der Waals surface area contributed by atoms with E-state index in [9.17, 15) is 18.3 Å². The molecule has 3 N–H and O–H groups in total. The van der Waals surface area contributed by atoms with E-state index in [1.54, 1.807) is 31.4 Å². The molecular weight excluding hydrogens is 440 g/mol. The molecule has 0 aliphatic heterocycles. The zero-order valence-corrected chi connectivity index (χ0v) is 21.3. The first-order valence-corrected chi connectivity index (χ1v) is 13.5. The van der Waals surface area contributed by atoms with Crippen molar-refractivity contribution in [1.82, 2.24) is 10.0 Å². The Morgan fingerprint density at radius 3 is 2.52 bits per heavy atom. The number of benzene rings is 1. The summed E-state index contributed by atoms with van der Waals surface area (Å²) in [5, 5.41) is 14.4. The van der Waals surface area contributed by atoms with Gasteiger partial charge in [0.1, 0.15) is 0 Å². The minimum Gasteiger partial charge on any atom is -0.392 e. The lowest BCUT2D eigenvalue weighted by atomic mass is 9.52. The molecule has 33 heavy (non-hydrogen) atoms. The molecule has 3 rings (SSSR count). The van der Waals surface area contributed by atoms with Crippen LogP contribution in [0.4, 0.5) is 0 Å². The Morgan fingerprint density at radius 1 is 1.24 bits per heavy atom. The number of carbonyl (C=O) groups is 1. The van der Waals surface area contributed by atoms with Crippen molar-refractivity contribution in [2.24, 2.45) is 29.1 Å². The number of fused-ring (bicyclic) bond motifs is 1. The highest BCUT2D eigenvalue weighted by molar-refractivity contribution is 7.89. The number of rotatable bonds is 8. The predicted octanol–water partition coefficient (Wildman–Crippen LogP) is 2.86. The van der Waals surface area contributed by atoms with Crippen LogP contribution in [0.1, 0.15) is 52.0 Å². The molecule has 8 heteroatoms. The van der Waals surface area contributed by atoms with Crippen LogP contribution in [0, 0.1) is 36.0 Å². The van der Waals surface area contributed by atoms with Gasteiger partial charge in [-0.1, -0.05) is 38.5 Å². The maximum atomic E-state index is 13.0. The first-order valence-electron chi connectivity index (χ1n) is 12.0. The predicted molar refractivity (Wildman–Crippen MR) is 128 cm³/mol. The Hall–Kier alpha value is -1.48. The van der Waals surface area contributed by atoms with E-state index >= 15 is 0 Å². The van der Waals surface area contributed by atoms with Crippen LogP contribution in [0.3, 0.4) is 0 Å². The van der Waals surface area contributed by atoms with Gasteiger partial charge in [-0.25, -0.2) is 13.1 Å². The summed E-state index contributed by atoms with van der Waals surface area (Å²) in [6, 6.07) is 6.60. The van der Waals surface area contributed by atoms with E-state index < -0.39 is 16.1 Å². The van der Waals surface area contributed by atoms with Gasteiger partial charge in [0, 0.05) is 25.6 Å². The van der Waals surface area contributed by atoms with E-state index in [0.717, 1.165) is 31.2 Å². The Balaban J connectivity index is 1.74. The van der Waals surface area contributed by atoms with Crippen LogP contribution < -0.4 is 10.0 Å². The summed E-state index contributed by atoms with van der Waals surface area (Å²) in [6.45, 7) is 8.95. The molecule has 2 fully saturated rings. The molecule has 1 aromatic carbocycles. The summed E-state index contributed by atoms with van der Waals surface area (Å²) in [5.74, 6) is -0.672. The summed E-state index contributed by atoms with van der Waals surface area (Å²) < 4.78 is 34.0. The lowest BCUT2D eigenvalue weighted by Gasteiger charge is -2.56. The summed E-state index contributed by atoms with van der Waals surface area (Å²) in [4.78, 5) is 12.9. The van der Waals surface area contributed by atoms with Gasteiger partial charge in [0.2, 0.25) is 15.9 Å². The fourth-order valence-corrected chi connectivity index (χ4v) is 7.44. The molecule has 1 aromatic rings. The van der Waals surface area contributed by atoms with E-state index in [1.807, 2.05) is 20.8 Å². The molecule has 0 aromatic heterocycles. The maximum Gasteiger partial charge on any atom is 0.240 e. The van der Waals surface area contributed by atoms with Gasteiger partial charge < -0.3 is 15.2 Å². The van der Waals surface area contributed by atoms with Gasteiger partial charge in [-0.05, 0) is 67.9 Å². The zero-order chi connectivity index (χ0) is 24.4. The number of hydrogen-bond acceptors (Lipinski definition) is 5. The monoisotopic (exact) mass is 480 g/mol. The minimum atomic E-state index is -3.65. The maximum absolute atomic E-state index is 13.0. The quantitative estimate of drug-likeness (QED) is 0.496. The van der Waals surface area contributed by atoms with Crippen molar-refractivity contribution >= 4 is 15.9 Å². The molecule has 0 saturated heterocycles. The Kier molecular flexibility index (Phi) is 8.25. The van der Waals surface area contributed by atoms with Crippen molar-refractivity contribution in [3.8, 4) is 0 Å². The number of hydrogen-bond donors (Lipinski definition) is 3. The standard InChI is InChI=1S/C25H40N2O5S/c1-16-6-8-19(9-7-16)33(30,31)27-21-11-13-25(4)12-10-20(23(28)22(25)18(21)3)17(2)24(29)26-14-15-32-5/h6-9,17-18,20-23,27-28H,10-15H2,1-5H3,(H,26,29)/t17-,18+,20-,21+,22+,23-,25+/m0/s1. The number of aliphatic hydroxyl groups excluding tert-OH is 1. The first-order chi connectivity index (χ1) is 15.5. The van der Waals surface area contributed by atoms with Gasteiger partial charge in [-0.15, -0.1) is 0 Å². The van der Waals surface area contributed by atoms with Crippen LogP contribution in [0.15, 0.2) is 29.2 Å². The Bertz CT molecular complexity index is 919. The van der Waals surface area contributed by atoms with Crippen molar-refractivity contribution in [3.63, 3.8) is 0 Å². The number of ether oxygens (including phenoxy) is 1. The second-order valence-electron chi connectivity index (χ2n) is 10.4. The van der Waals surface area contributed by atoms with Crippen LogP contribution >= 0.6 is 0 Å². The average Bonchev–Trinajstić information content (AvgIpc) is 2.76. The third-order valence-corrected chi connectivity index (χ3v) is 9.69. The molecule has 2 aliphatic carbocycles. The molecule has 186 valence electrons. The summed E-state index contributed by atoms with van der Waals surface area (Å²) >= 11 is 0. The number of nitrogens with one attached hydrogen (secondary N) is 2. The van der Waals surface area contributed by atoms with Crippen LogP contribution in [-0.2, 0) is 19.6 Å². The molecule has 0 spiro atoms. The van der Waals surface area contributed by atoms with Crippen molar-refractivity contribution < 1.29 is 23.1 Å². The van der Waals surface area contributed by atoms with Crippen LogP contribution in [-0.4, -0.2) is 51.8 Å². The van der Waals surface area contributed by atoms with Gasteiger partial charge in [-0.2, -0.15) is 0 Å². The highest BCUT2D eigenvalue weighted by Gasteiger charge is 2.54. The highest BCUT2D eigenvalue weighted by atomic mass is 32.2. The largest absolute Gasteiger partial charge is 0.392 e. The highest BCUT2D eigenvalue weighted by Crippen LogP contribution is 2.55. The molecule has 0 heterocycles. The molecule has 0 bridgehead atoms. The van der Waals surface area contributed by atoms with Gasteiger partial charge >= 0.3 is 0 Å². The van der Waals surface area contributed by atoms with E-state index in [-0.39, 0.29) is 45.9 Å². The van der Waals surface area contributed by atoms with E-state index in [2.05, 4.69) is 17.0 Å². The number of methoxy groups -OCH3 is 1. The van der Waals surface area contributed by atoms with Crippen LogP contribution in [0.25, 0.3) is 0 Å².